The number of carbonyl (C=O) groups is 2. The zero-order chi connectivity index (χ0) is 20.5. The summed E-state index contributed by atoms with van der Waals surface area (Å²) in [5, 5.41) is 15.9. The van der Waals surface area contributed by atoms with Crippen LogP contribution in [0, 0.1) is 0 Å². The van der Waals surface area contributed by atoms with Crippen molar-refractivity contribution in [3.8, 4) is 5.75 Å². The molecule has 1 heterocycles. The van der Waals surface area contributed by atoms with Crippen LogP contribution in [0.15, 0.2) is 73.1 Å². The predicted octanol–water partition coefficient (Wildman–Crippen LogP) is 2.84. The molecule has 1 aromatic heterocycles. The zero-order valence-electron chi connectivity index (χ0n) is 15.7. The Labute approximate surface area is 168 Å². The number of nitrogens with zero attached hydrogens (tertiary/aromatic N) is 2. The SMILES string of the molecule is O=C(O)C=Cc1ccc(Cn2cccn2)cc1OCCNC(=O)c1ccccc1. The molecule has 7 nitrogen and oxygen atoms in total. The predicted molar refractivity (Wildman–Crippen MR) is 109 cm³/mol. The monoisotopic (exact) mass is 391 g/mol. The van der Waals surface area contributed by atoms with Crippen LogP contribution in [0.4, 0.5) is 0 Å². The molecule has 148 valence electrons. The number of amides is 1. The van der Waals surface area contributed by atoms with Crippen molar-refractivity contribution in [2.75, 3.05) is 13.2 Å². The Morgan fingerprint density at radius 2 is 1.97 bits per heavy atom. The van der Waals surface area contributed by atoms with Gasteiger partial charge in [0.2, 0.25) is 0 Å². The number of rotatable bonds is 9. The second-order valence-corrected chi connectivity index (χ2v) is 6.22. The Hall–Kier alpha value is -3.87. The van der Waals surface area contributed by atoms with Gasteiger partial charge >= 0.3 is 5.97 Å². The number of benzene rings is 2. The largest absolute Gasteiger partial charge is 0.491 e. The second-order valence-electron chi connectivity index (χ2n) is 6.22. The average Bonchev–Trinajstić information content (AvgIpc) is 3.24. The second kappa shape index (κ2) is 9.89. The molecule has 0 atom stereocenters. The smallest absolute Gasteiger partial charge is 0.328 e. The summed E-state index contributed by atoms with van der Waals surface area (Å²) in [7, 11) is 0. The van der Waals surface area contributed by atoms with Crippen LogP contribution in [0.2, 0.25) is 0 Å². The normalized spacial score (nSPS) is 10.8. The Kier molecular flexibility index (Phi) is 6.78. The van der Waals surface area contributed by atoms with E-state index in [1.807, 2.05) is 30.5 Å². The first-order chi connectivity index (χ1) is 14.1. The van der Waals surface area contributed by atoms with Crippen LogP contribution < -0.4 is 10.1 Å². The summed E-state index contributed by atoms with van der Waals surface area (Å²) in [4.78, 5) is 22.9. The molecule has 0 aliphatic heterocycles. The summed E-state index contributed by atoms with van der Waals surface area (Å²) in [6, 6.07) is 16.3. The van der Waals surface area contributed by atoms with E-state index in [1.165, 1.54) is 6.08 Å². The molecule has 1 amide bonds. The van der Waals surface area contributed by atoms with Crippen LogP contribution in [-0.2, 0) is 11.3 Å². The minimum Gasteiger partial charge on any atom is -0.491 e. The maximum absolute atomic E-state index is 12.1. The molecular weight excluding hydrogens is 370 g/mol. The first-order valence-electron chi connectivity index (χ1n) is 9.09. The van der Waals surface area contributed by atoms with Crippen LogP contribution in [-0.4, -0.2) is 39.9 Å². The molecule has 0 spiro atoms. The third-order valence-electron chi connectivity index (χ3n) is 4.07. The van der Waals surface area contributed by atoms with E-state index in [2.05, 4.69) is 10.4 Å². The summed E-state index contributed by atoms with van der Waals surface area (Å²) in [6.07, 6.45) is 6.11. The molecule has 29 heavy (non-hydrogen) atoms. The van der Waals surface area contributed by atoms with Gasteiger partial charge in [0, 0.05) is 29.6 Å². The number of carboxylic acids is 1. The van der Waals surface area contributed by atoms with E-state index in [0.717, 1.165) is 11.6 Å². The summed E-state index contributed by atoms with van der Waals surface area (Å²) < 4.78 is 7.61. The van der Waals surface area contributed by atoms with Gasteiger partial charge in [0.1, 0.15) is 12.4 Å². The zero-order valence-corrected chi connectivity index (χ0v) is 15.7. The highest BCUT2D eigenvalue weighted by Crippen LogP contribution is 2.22. The fraction of sp³-hybridized carbons (Fsp3) is 0.136. The van der Waals surface area contributed by atoms with Gasteiger partial charge in [-0.3, -0.25) is 9.48 Å². The minimum absolute atomic E-state index is 0.173. The molecule has 3 rings (SSSR count). The Morgan fingerprint density at radius 3 is 2.69 bits per heavy atom. The lowest BCUT2D eigenvalue weighted by molar-refractivity contribution is -0.131. The van der Waals surface area contributed by atoms with Crippen molar-refractivity contribution in [1.82, 2.24) is 15.1 Å². The third-order valence-corrected chi connectivity index (χ3v) is 4.07. The first kappa shape index (κ1) is 19.9. The highest BCUT2D eigenvalue weighted by Gasteiger charge is 2.07. The molecule has 0 unspecified atom stereocenters. The summed E-state index contributed by atoms with van der Waals surface area (Å²) >= 11 is 0. The van der Waals surface area contributed by atoms with E-state index in [1.54, 1.807) is 41.2 Å². The van der Waals surface area contributed by atoms with Crippen molar-refractivity contribution in [3.63, 3.8) is 0 Å². The van der Waals surface area contributed by atoms with E-state index >= 15 is 0 Å². The van der Waals surface area contributed by atoms with Crippen molar-refractivity contribution < 1.29 is 19.4 Å². The highest BCUT2D eigenvalue weighted by atomic mass is 16.5. The minimum atomic E-state index is -1.04. The van der Waals surface area contributed by atoms with Gasteiger partial charge in [0.25, 0.3) is 5.91 Å². The molecule has 0 aliphatic carbocycles. The fourth-order valence-corrected chi connectivity index (χ4v) is 2.70. The molecule has 0 fully saturated rings. The number of aliphatic carboxylic acids is 1. The quantitative estimate of drug-likeness (QED) is 0.432. The lowest BCUT2D eigenvalue weighted by Crippen LogP contribution is -2.28. The summed E-state index contributed by atoms with van der Waals surface area (Å²) in [5.41, 5.74) is 2.19. The van der Waals surface area contributed by atoms with E-state index in [-0.39, 0.29) is 12.5 Å². The van der Waals surface area contributed by atoms with Crippen molar-refractivity contribution in [2.24, 2.45) is 0 Å². The number of nitrogens with one attached hydrogen (secondary N) is 1. The Bertz CT molecular complexity index is 983. The van der Waals surface area contributed by atoms with Crippen LogP contribution in [0.5, 0.6) is 5.75 Å². The number of aromatic nitrogens is 2. The first-order valence-corrected chi connectivity index (χ1v) is 9.09. The molecule has 0 aliphatic rings. The lowest BCUT2D eigenvalue weighted by atomic mass is 10.1. The molecule has 7 heteroatoms. The number of carboxylic acid groups (broad SMARTS) is 1. The maximum Gasteiger partial charge on any atom is 0.328 e. The Balaban J connectivity index is 1.64. The van der Waals surface area contributed by atoms with Gasteiger partial charge in [-0.1, -0.05) is 30.3 Å². The van der Waals surface area contributed by atoms with Gasteiger partial charge in [-0.05, 0) is 35.9 Å². The Morgan fingerprint density at radius 1 is 1.14 bits per heavy atom. The summed E-state index contributed by atoms with van der Waals surface area (Å²) in [5.74, 6) is -0.666. The van der Waals surface area contributed by atoms with Gasteiger partial charge < -0.3 is 15.2 Å². The van der Waals surface area contributed by atoms with E-state index < -0.39 is 5.97 Å². The van der Waals surface area contributed by atoms with Crippen molar-refractivity contribution in [2.45, 2.75) is 6.54 Å². The van der Waals surface area contributed by atoms with Gasteiger partial charge in [-0.2, -0.15) is 5.10 Å². The van der Waals surface area contributed by atoms with Crippen LogP contribution in [0.3, 0.4) is 0 Å². The van der Waals surface area contributed by atoms with Gasteiger partial charge in [0.05, 0.1) is 13.1 Å². The number of ether oxygens (including phenoxy) is 1. The van der Waals surface area contributed by atoms with Gasteiger partial charge in [-0.15, -0.1) is 0 Å². The van der Waals surface area contributed by atoms with E-state index in [4.69, 9.17) is 9.84 Å². The van der Waals surface area contributed by atoms with Crippen LogP contribution in [0.1, 0.15) is 21.5 Å². The third kappa shape index (κ3) is 6.07. The molecule has 2 aromatic carbocycles. The molecule has 0 bridgehead atoms. The molecule has 2 N–H and O–H groups in total. The molecule has 0 radical (unpaired) electrons. The average molecular weight is 391 g/mol. The standard InChI is InChI=1S/C22H21N3O4/c26-21(27)10-9-18-8-7-17(16-25-13-4-11-24-25)15-20(18)29-14-12-23-22(28)19-5-2-1-3-6-19/h1-11,13,15H,12,14,16H2,(H,23,28)(H,26,27). The van der Waals surface area contributed by atoms with E-state index in [9.17, 15) is 9.59 Å². The van der Waals surface area contributed by atoms with Crippen molar-refractivity contribution in [3.05, 3.63) is 89.8 Å². The van der Waals surface area contributed by atoms with Crippen LogP contribution >= 0.6 is 0 Å². The van der Waals surface area contributed by atoms with Gasteiger partial charge in [0.15, 0.2) is 0 Å². The van der Waals surface area contributed by atoms with Crippen molar-refractivity contribution >= 4 is 18.0 Å². The van der Waals surface area contributed by atoms with Crippen molar-refractivity contribution in [1.29, 1.82) is 0 Å². The topological polar surface area (TPSA) is 93.4 Å². The van der Waals surface area contributed by atoms with Gasteiger partial charge in [-0.25, -0.2) is 4.79 Å². The number of carbonyl (C=O) groups excluding carboxylic acids is 1. The molecule has 0 saturated carbocycles. The molecule has 0 saturated heterocycles. The van der Waals surface area contributed by atoms with E-state index in [0.29, 0.717) is 30.0 Å². The van der Waals surface area contributed by atoms with Crippen LogP contribution in [0.25, 0.3) is 6.08 Å². The maximum atomic E-state index is 12.1. The lowest BCUT2D eigenvalue weighted by Gasteiger charge is -2.12. The number of hydrogen-bond acceptors (Lipinski definition) is 4. The molecule has 3 aromatic rings. The molecular formula is C22H21N3O4. The fourth-order valence-electron chi connectivity index (χ4n) is 2.70. The number of hydrogen-bond donors (Lipinski definition) is 2. The summed E-state index contributed by atoms with van der Waals surface area (Å²) in [6.45, 7) is 1.13. The highest BCUT2D eigenvalue weighted by molar-refractivity contribution is 5.94.